The monoisotopic (exact) mass is 210 g/mol. The van der Waals surface area contributed by atoms with Gasteiger partial charge in [0.25, 0.3) is 0 Å². The molecule has 0 bridgehead atoms. The highest BCUT2D eigenvalue weighted by molar-refractivity contribution is 6.30. The van der Waals surface area contributed by atoms with Crippen LogP contribution in [0.25, 0.3) is 0 Å². The SMILES string of the molecule is N#Cc1cc(Cl)ccc1OCCCN. The van der Waals surface area contributed by atoms with Gasteiger partial charge in [0.1, 0.15) is 11.8 Å². The van der Waals surface area contributed by atoms with E-state index in [0.29, 0.717) is 29.5 Å². The lowest BCUT2D eigenvalue weighted by Gasteiger charge is -2.06. The predicted molar refractivity (Wildman–Crippen MR) is 55.3 cm³/mol. The summed E-state index contributed by atoms with van der Waals surface area (Å²) < 4.78 is 5.36. The van der Waals surface area contributed by atoms with Gasteiger partial charge in [-0.15, -0.1) is 0 Å². The molecule has 0 aliphatic carbocycles. The van der Waals surface area contributed by atoms with Crippen LogP contribution in [-0.2, 0) is 0 Å². The average molecular weight is 211 g/mol. The molecule has 0 radical (unpaired) electrons. The fourth-order valence-corrected chi connectivity index (χ4v) is 1.15. The van der Waals surface area contributed by atoms with Crippen molar-refractivity contribution in [3.8, 4) is 11.8 Å². The molecule has 0 amide bonds. The van der Waals surface area contributed by atoms with Crippen LogP contribution in [0.1, 0.15) is 12.0 Å². The van der Waals surface area contributed by atoms with Crippen molar-refractivity contribution >= 4 is 11.6 Å². The van der Waals surface area contributed by atoms with Crippen LogP contribution in [-0.4, -0.2) is 13.2 Å². The van der Waals surface area contributed by atoms with E-state index in [1.807, 2.05) is 6.07 Å². The second-order valence-electron chi connectivity index (χ2n) is 2.74. The Morgan fingerprint density at radius 1 is 1.50 bits per heavy atom. The summed E-state index contributed by atoms with van der Waals surface area (Å²) in [6, 6.07) is 6.99. The molecule has 0 heterocycles. The average Bonchev–Trinajstić information content (AvgIpc) is 2.20. The molecular weight excluding hydrogens is 200 g/mol. The predicted octanol–water partition coefficient (Wildman–Crippen LogP) is 1.94. The van der Waals surface area contributed by atoms with Gasteiger partial charge < -0.3 is 10.5 Å². The zero-order valence-electron chi connectivity index (χ0n) is 7.66. The molecule has 0 spiro atoms. The zero-order chi connectivity index (χ0) is 10.4. The topological polar surface area (TPSA) is 59.0 Å². The Morgan fingerprint density at radius 3 is 2.93 bits per heavy atom. The Hall–Kier alpha value is -1.24. The molecule has 1 aromatic carbocycles. The molecule has 14 heavy (non-hydrogen) atoms. The number of rotatable bonds is 4. The number of nitrogens with zero attached hydrogens (tertiary/aromatic N) is 1. The van der Waals surface area contributed by atoms with E-state index in [1.165, 1.54) is 0 Å². The van der Waals surface area contributed by atoms with Gasteiger partial charge in [0.05, 0.1) is 12.2 Å². The molecule has 2 N–H and O–H groups in total. The molecule has 0 aromatic heterocycles. The van der Waals surface area contributed by atoms with E-state index >= 15 is 0 Å². The lowest BCUT2D eigenvalue weighted by atomic mass is 10.2. The molecule has 3 nitrogen and oxygen atoms in total. The maximum atomic E-state index is 8.79. The molecular formula is C10H11ClN2O. The molecule has 0 saturated heterocycles. The van der Waals surface area contributed by atoms with Crippen LogP contribution in [0.3, 0.4) is 0 Å². The van der Waals surface area contributed by atoms with Gasteiger partial charge >= 0.3 is 0 Å². The van der Waals surface area contributed by atoms with Gasteiger partial charge in [-0.05, 0) is 31.2 Å². The first-order valence-electron chi connectivity index (χ1n) is 4.30. The van der Waals surface area contributed by atoms with Crippen LogP contribution in [0.4, 0.5) is 0 Å². The fourth-order valence-electron chi connectivity index (χ4n) is 0.981. The largest absolute Gasteiger partial charge is 0.492 e. The van der Waals surface area contributed by atoms with Crippen molar-refractivity contribution in [2.75, 3.05) is 13.2 Å². The van der Waals surface area contributed by atoms with Gasteiger partial charge in [0, 0.05) is 5.02 Å². The Morgan fingerprint density at radius 2 is 2.29 bits per heavy atom. The Kier molecular flexibility index (Phi) is 4.24. The van der Waals surface area contributed by atoms with Gasteiger partial charge in [-0.2, -0.15) is 5.26 Å². The molecule has 0 unspecified atom stereocenters. The van der Waals surface area contributed by atoms with Crippen molar-refractivity contribution in [2.24, 2.45) is 5.73 Å². The maximum Gasteiger partial charge on any atom is 0.137 e. The minimum Gasteiger partial charge on any atom is -0.492 e. The van der Waals surface area contributed by atoms with Gasteiger partial charge in [0.15, 0.2) is 0 Å². The standard InChI is InChI=1S/C10H11ClN2O/c11-9-2-3-10(8(6-9)7-13)14-5-1-4-12/h2-3,6H,1,4-5,12H2. The van der Waals surface area contributed by atoms with Crippen molar-refractivity contribution in [3.05, 3.63) is 28.8 Å². The summed E-state index contributed by atoms with van der Waals surface area (Å²) in [5.74, 6) is 0.561. The second kappa shape index (κ2) is 5.48. The summed E-state index contributed by atoms with van der Waals surface area (Å²) >= 11 is 5.73. The van der Waals surface area contributed by atoms with Crippen molar-refractivity contribution in [1.29, 1.82) is 5.26 Å². The Bertz CT molecular complexity index is 346. The van der Waals surface area contributed by atoms with Crippen LogP contribution < -0.4 is 10.5 Å². The number of hydrogen-bond acceptors (Lipinski definition) is 3. The lowest BCUT2D eigenvalue weighted by molar-refractivity contribution is 0.312. The molecule has 74 valence electrons. The van der Waals surface area contributed by atoms with Crippen LogP contribution in [0.2, 0.25) is 5.02 Å². The van der Waals surface area contributed by atoms with Crippen LogP contribution in [0, 0.1) is 11.3 Å². The third kappa shape index (κ3) is 2.91. The van der Waals surface area contributed by atoms with E-state index in [4.69, 9.17) is 27.3 Å². The highest BCUT2D eigenvalue weighted by Crippen LogP contribution is 2.21. The molecule has 1 rings (SSSR count). The van der Waals surface area contributed by atoms with Crippen LogP contribution in [0.5, 0.6) is 5.75 Å². The number of benzene rings is 1. The number of hydrogen-bond donors (Lipinski definition) is 1. The minimum atomic E-state index is 0.453. The van der Waals surface area contributed by atoms with E-state index in [0.717, 1.165) is 6.42 Å². The van der Waals surface area contributed by atoms with E-state index in [1.54, 1.807) is 18.2 Å². The summed E-state index contributed by atoms with van der Waals surface area (Å²) in [5, 5.41) is 9.32. The molecule has 1 aromatic rings. The maximum absolute atomic E-state index is 8.79. The first kappa shape index (κ1) is 10.8. The normalized spacial score (nSPS) is 9.50. The molecule has 4 heteroatoms. The molecule has 0 aliphatic rings. The van der Waals surface area contributed by atoms with Gasteiger partial charge in [-0.25, -0.2) is 0 Å². The van der Waals surface area contributed by atoms with Crippen LogP contribution in [0.15, 0.2) is 18.2 Å². The molecule has 0 atom stereocenters. The Labute approximate surface area is 88.0 Å². The van der Waals surface area contributed by atoms with E-state index in [-0.39, 0.29) is 0 Å². The van der Waals surface area contributed by atoms with E-state index < -0.39 is 0 Å². The summed E-state index contributed by atoms with van der Waals surface area (Å²) in [6.07, 6.45) is 0.771. The number of nitriles is 1. The first-order chi connectivity index (χ1) is 6.77. The van der Waals surface area contributed by atoms with Crippen LogP contribution >= 0.6 is 11.6 Å². The molecule has 0 fully saturated rings. The van der Waals surface area contributed by atoms with Crippen molar-refractivity contribution in [1.82, 2.24) is 0 Å². The van der Waals surface area contributed by atoms with Crippen molar-refractivity contribution in [3.63, 3.8) is 0 Å². The third-order valence-corrected chi connectivity index (χ3v) is 1.90. The number of halogens is 1. The summed E-state index contributed by atoms with van der Waals surface area (Å²) in [6.45, 7) is 1.10. The summed E-state index contributed by atoms with van der Waals surface area (Å²) in [5.41, 5.74) is 5.77. The highest BCUT2D eigenvalue weighted by Gasteiger charge is 2.03. The summed E-state index contributed by atoms with van der Waals surface area (Å²) in [4.78, 5) is 0. The number of nitrogens with two attached hydrogens (primary N) is 1. The minimum absolute atomic E-state index is 0.453. The lowest BCUT2D eigenvalue weighted by Crippen LogP contribution is -2.06. The van der Waals surface area contributed by atoms with Gasteiger partial charge in [-0.3, -0.25) is 0 Å². The van der Waals surface area contributed by atoms with Crippen molar-refractivity contribution in [2.45, 2.75) is 6.42 Å². The smallest absolute Gasteiger partial charge is 0.137 e. The number of ether oxygens (including phenoxy) is 1. The Balaban J connectivity index is 2.72. The van der Waals surface area contributed by atoms with E-state index in [2.05, 4.69) is 0 Å². The zero-order valence-corrected chi connectivity index (χ0v) is 8.42. The third-order valence-electron chi connectivity index (χ3n) is 1.67. The van der Waals surface area contributed by atoms with E-state index in [9.17, 15) is 0 Å². The highest BCUT2D eigenvalue weighted by atomic mass is 35.5. The summed E-state index contributed by atoms with van der Waals surface area (Å²) in [7, 11) is 0. The second-order valence-corrected chi connectivity index (χ2v) is 3.18. The van der Waals surface area contributed by atoms with Crippen molar-refractivity contribution < 1.29 is 4.74 Å². The fraction of sp³-hybridized carbons (Fsp3) is 0.300. The van der Waals surface area contributed by atoms with Gasteiger partial charge in [0.2, 0.25) is 0 Å². The quantitative estimate of drug-likeness (QED) is 0.773. The molecule has 0 saturated carbocycles. The first-order valence-corrected chi connectivity index (χ1v) is 4.68. The van der Waals surface area contributed by atoms with Gasteiger partial charge in [-0.1, -0.05) is 11.6 Å². The molecule has 0 aliphatic heterocycles.